The molecule has 0 aromatic heterocycles. The lowest BCUT2D eigenvalue weighted by Crippen LogP contribution is -2.47. The van der Waals surface area contributed by atoms with Gasteiger partial charge in [-0.3, -0.25) is 4.90 Å². The third-order valence-electron chi connectivity index (χ3n) is 4.94. The van der Waals surface area contributed by atoms with Gasteiger partial charge in [0.05, 0.1) is 12.0 Å². The minimum absolute atomic E-state index is 0.279. The zero-order valence-electron chi connectivity index (χ0n) is 12.8. The molecule has 0 radical (unpaired) electrons. The first-order valence-corrected chi connectivity index (χ1v) is 8.37. The van der Waals surface area contributed by atoms with Crippen molar-refractivity contribution >= 4 is 0 Å². The van der Waals surface area contributed by atoms with E-state index < -0.39 is 0 Å². The Labute approximate surface area is 119 Å². The molecule has 2 rings (SSSR count). The lowest BCUT2D eigenvalue weighted by atomic mass is 9.92. The maximum Gasteiger partial charge on any atom is 0.0672 e. The van der Waals surface area contributed by atoms with E-state index in [0.717, 1.165) is 12.5 Å². The van der Waals surface area contributed by atoms with Crippen LogP contribution in [-0.2, 0) is 0 Å². The van der Waals surface area contributed by atoms with E-state index in [2.05, 4.69) is 24.8 Å². The first-order chi connectivity index (χ1) is 9.22. The van der Waals surface area contributed by atoms with Crippen LogP contribution in [0.3, 0.4) is 0 Å². The summed E-state index contributed by atoms with van der Waals surface area (Å²) in [6, 6.07) is 3.93. The molecular weight excluding hydrogens is 232 g/mol. The average Bonchev–Trinajstić information content (AvgIpc) is 2.80. The van der Waals surface area contributed by atoms with Gasteiger partial charge in [0, 0.05) is 18.6 Å². The SMILES string of the molecule is CC(C)CN(C1CCCC1)C1CCCCCC1C#N. The number of hydrogen-bond donors (Lipinski definition) is 0. The van der Waals surface area contributed by atoms with Gasteiger partial charge in [-0.25, -0.2) is 0 Å². The molecule has 0 heterocycles. The van der Waals surface area contributed by atoms with E-state index in [1.54, 1.807) is 0 Å². The first kappa shape index (κ1) is 14.9. The second-order valence-corrected chi connectivity index (χ2v) is 6.97. The summed E-state index contributed by atoms with van der Waals surface area (Å²) < 4.78 is 0. The molecule has 0 spiro atoms. The largest absolute Gasteiger partial charge is 0.296 e. The first-order valence-electron chi connectivity index (χ1n) is 8.37. The van der Waals surface area contributed by atoms with Gasteiger partial charge >= 0.3 is 0 Å². The van der Waals surface area contributed by atoms with Crippen LogP contribution in [-0.4, -0.2) is 23.5 Å². The van der Waals surface area contributed by atoms with Crippen LogP contribution in [0.1, 0.15) is 71.6 Å². The number of hydrogen-bond acceptors (Lipinski definition) is 2. The summed E-state index contributed by atoms with van der Waals surface area (Å²) in [4.78, 5) is 2.75. The molecule has 0 aromatic rings. The van der Waals surface area contributed by atoms with Crippen molar-refractivity contribution in [1.82, 2.24) is 4.90 Å². The van der Waals surface area contributed by atoms with Crippen LogP contribution in [0.4, 0.5) is 0 Å². The van der Waals surface area contributed by atoms with Crippen LogP contribution in [0.25, 0.3) is 0 Å². The van der Waals surface area contributed by atoms with Crippen molar-refractivity contribution < 1.29 is 0 Å². The summed E-state index contributed by atoms with van der Waals surface area (Å²) in [5.41, 5.74) is 0. The van der Waals surface area contributed by atoms with E-state index >= 15 is 0 Å². The maximum absolute atomic E-state index is 9.54. The van der Waals surface area contributed by atoms with Crippen molar-refractivity contribution in [1.29, 1.82) is 5.26 Å². The zero-order valence-corrected chi connectivity index (χ0v) is 12.8. The van der Waals surface area contributed by atoms with Gasteiger partial charge in [-0.2, -0.15) is 5.26 Å². The molecule has 19 heavy (non-hydrogen) atoms. The van der Waals surface area contributed by atoms with Crippen LogP contribution < -0.4 is 0 Å². The van der Waals surface area contributed by atoms with Crippen LogP contribution in [0, 0.1) is 23.2 Å². The summed E-state index contributed by atoms with van der Waals surface area (Å²) in [6.07, 6.45) is 11.8. The lowest BCUT2D eigenvalue weighted by molar-refractivity contribution is 0.0886. The number of nitriles is 1. The van der Waals surface area contributed by atoms with Gasteiger partial charge in [-0.1, -0.05) is 46.0 Å². The standard InChI is InChI=1S/C17H30N2/c1-14(2)13-19(16-9-6-7-10-16)17-11-5-3-4-8-15(17)12-18/h14-17H,3-11,13H2,1-2H3. The summed E-state index contributed by atoms with van der Waals surface area (Å²) in [5, 5.41) is 9.54. The van der Waals surface area contributed by atoms with Crippen molar-refractivity contribution in [3.8, 4) is 6.07 Å². The quantitative estimate of drug-likeness (QED) is 0.704. The smallest absolute Gasteiger partial charge is 0.0672 e. The number of rotatable bonds is 4. The molecule has 2 saturated carbocycles. The Bertz CT molecular complexity index is 299. The molecule has 2 unspecified atom stereocenters. The third-order valence-corrected chi connectivity index (χ3v) is 4.94. The highest BCUT2D eigenvalue weighted by Crippen LogP contribution is 2.33. The highest BCUT2D eigenvalue weighted by Gasteiger charge is 2.34. The minimum atomic E-state index is 0.279. The van der Waals surface area contributed by atoms with Crippen LogP contribution in [0.15, 0.2) is 0 Å². The predicted octanol–water partition coefficient (Wildman–Crippen LogP) is 4.36. The van der Waals surface area contributed by atoms with Crippen molar-refractivity contribution in [3.63, 3.8) is 0 Å². The van der Waals surface area contributed by atoms with Crippen LogP contribution >= 0.6 is 0 Å². The van der Waals surface area contributed by atoms with Gasteiger partial charge in [0.1, 0.15) is 0 Å². The normalized spacial score (nSPS) is 29.6. The fourth-order valence-corrected chi connectivity index (χ4v) is 4.05. The predicted molar refractivity (Wildman–Crippen MR) is 79.8 cm³/mol. The third kappa shape index (κ3) is 3.96. The molecule has 0 bridgehead atoms. The molecule has 2 nitrogen and oxygen atoms in total. The Morgan fingerprint density at radius 3 is 2.26 bits per heavy atom. The second-order valence-electron chi connectivity index (χ2n) is 6.97. The van der Waals surface area contributed by atoms with Crippen LogP contribution in [0.5, 0.6) is 0 Å². The van der Waals surface area contributed by atoms with Gasteiger partial charge in [-0.15, -0.1) is 0 Å². The molecule has 0 saturated heterocycles. The van der Waals surface area contributed by atoms with Gasteiger partial charge < -0.3 is 0 Å². The molecule has 0 N–H and O–H groups in total. The molecule has 2 heteroatoms. The van der Waals surface area contributed by atoms with Crippen molar-refractivity contribution in [2.75, 3.05) is 6.54 Å². The van der Waals surface area contributed by atoms with E-state index in [4.69, 9.17) is 0 Å². The molecular formula is C17H30N2. The van der Waals surface area contributed by atoms with Crippen molar-refractivity contribution in [3.05, 3.63) is 0 Å². The number of nitrogens with zero attached hydrogens (tertiary/aromatic N) is 2. The second kappa shape index (κ2) is 7.29. The monoisotopic (exact) mass is 262 g/mol. The van der Waals surface area contributed by atoms with Gasteiger partial charge in [0.15, 0.2) is 0 Å². The maximum atomic E-state index is 9.54. The van der Waals surface area contributed by atoms with Gasteiger partial charge in [0.25, 0.3) is 0 Å². The minimum Gasteiger partial charge on any atom is -0.296 e. The molecule has 0 aromatic carbocycles. The summed E-state index contributed by atoms with van der Waals surface area (Å²) in [6.45, 7) is 5.83. The fourth-order valence-electron chi connectivity index (χ4n) is 4.05. The van der Waals surface area contributed by atoms with E-state index in [1.165, 1.54) is 57.9 Å². The van der Waals surface area contributed by atoms with E-state index in [-0.39, 0.29) is 5.92 Å². The summed E-state index contributed by atoms with van der Waals surface area (Å²) >= 11 is 0. The molecule has 2 atom stereocenters. The highest BCUT2D eigenvalue weighted by atomic mass is 15.2. The van der Waals surface area contributed by atoms with E-state index in [0.29, 0.717) is 12.0 Å². The zero-order chi connectivity index (χ0) is 13.7. The van der Waals surface area contributed by atoms with Crippen LogP contribution in [0.2, 0.25) is 0 Å². The summed E-state index contributed by atoms with van der Waals surface area (Å²) in [7, 11) is 0. The van der Waals surface area contributed by atoms with E-state index in [1.807, 2.05) is 0 Å². The molecule has 2 aliphatic carbocycles. The molecule has 0 amide bonds. The Morgan fingerprint density at radius 1 is 1.00 bits per heavy atom. The van der Waals surface area contributed by atoms with Crippen molar-refractivity contribution in [2.24, 2.45) is 11.8 Å². The topological polar surface area (TPSA) is 27.0 Å². The lowest BCUT2D eigenvalue weighted by Gasteiger charge is -2.39. The van der Waals surface area contributed by atoms with Gasteiger partial charge in [0.2, 0.25) is 0 Å². The van der Waals surface area contributed by atoms with E-state index in [9.17, 15) is 5.26 Å². The molecule has 0 aliphatic heterocycles. The highest BCUT2D eigenvalue weighted by molar-refractivity contribution is 4.97. The molecule has 108 valence electrons. The Balaban J connectivity index is 2.11. The average molecular weight is 262 g/mol. The Kier molecular flexibility index (Phi) is 5.70. The summed E-state index contributed by atoms with van der Waals surface area (Å²) in [5.74, 6) is 0.991. The van der Waals surface area contributed by atoms with Gasteiger partial charge in [-0.05, 0) is 31.6 Å². The Hall–Kier alpha value is -0.550. The van der Waals surface area contributed by atoms with Crippen molar-refractivity contribution in [2.45, 2.75) is 83.7 Å². The fraction of sp³-hybridized carbons (Fsp3) is 0.941. The molecule has 2 aliphatic rings. The molecule has 2 fully saturated rings. The Morgan fingerprint density at radius 2 is 1.63 bits per heavy atom.